The van der Waals surface area contributed by atoms with E-state index in [0.29, 0.717) is 10.6 Å². The first kappa shape index (κ1) is 22.8. The molecule has 5 heterocycles. The van der Waals surface area contributed by atoms with Gasteiger partial charge in [-0.25, -0.2) is 21.9 Å². The molecule has 0 bridgehead atoms. The molecule has 1 saturated heterocycles. The van der Waals surface area contributed by atoms with Gasteiger partial charge in [0.15, 0.2) is 32.0 Å². The molecule has 2 aromatic heterocycles. The number of likely N-dealkylation sites (N-methyl/N-ethyl adjacent to an activating group) is 1. The zero-order valence-corrected chi connectivity index (χ0v) is 20.2. The van der Waals surface area contributed by atoms with Gasteiger partial charge in [0.25, 0.3) is 5.91 Å². The van der Waals surface area contributed by atoms with Gasteiger partial charge in [-0.15, -0.1) is 10.2 Å². The predicted molar refractivity (Wildman–Crippen MR) is 125 cm³/mol. The van der Waals surface area contributed by atoms with Crippen molar-refractivity contribution in [2.75, 3.05) is 23.6 Å². The molecule has 1 aromatic carbocycles. The van der Waals surface area contributed by atoms with Crippen LogP contribution in [0.5, 0.6) is 5.75 Å². The number of fused-ring (bicyclic) bond motifs is 2. The summed E-state index contributed by atoms with van der Waals surface area (Å²) in [6.45, 7) is 0. The molecule has 36 heavy (non-hydrogen) atoms. The predicted octanol–water partition coefficient (Wildman–Crippen LogP) is 1.38. The molecule has 1 amide bonds. The molecule has 3 aliphatic rings. The highest BCUT2D eigenvalue weighted by Gasteiger charge is 2.59. The lowest BCUT2D eigenvalue weighted by Gasteiger charge is -2.61. The van der Waals surface area contributed by atoms with Crippen molar-refractivity contribution in [3.63, 3.8) is 0 Å². The Labute approximate surface area is 206 Å². The molecule has 0 aliphatic carbocycles. The van der Waals surface area contributed by atoms with Crippen molar-refractivity contribution in [2.45, 2.75) is 18.5 Å². The third-order valence-electron chi connectivity index (χ3n) is 6.82. The fraction of sp³-hybridized carbons (Fsp3) is 0.273. The van der Waals surface area contributed by atoms with Gasteiger partial charge < -0.3 is 10.0 Å². The van der Waals surface area contributed by atoms with Gasteiger partial charge >= 0.3 is 0 Å². The van der Waals surface area contributed by atoms with Crippen LogP contribution in [0.1, 0.15) is 27.5 Å². The summed E-state index contributed by atoms with van der Waals surface area (Å²) in [7, 11) is -1.78. The maximum Gasteiger partial charge on any atom is 0.278 e. The Morgan fingerprint density at radius 1 is 1.22 bits per heavy atom. The van der Waals surface area contributed by atoms with Crippen molar-refractivity contribution in [3.05, 3.63) is 74.3 Å². The van der Waals surface area contributed by atoms with Gasteiger partial charge in [-0.1, -0.05) is 17.4 Å². The number of benzene rings is 1. The van der Waals surface area contributed by atoms with E-state index in [2.05, 4.69) is 10.2 Å². The van der Waals surface area contributed by atoms with E-state index in [1.807, 2.05) is 0 Å². The molecule has 186 valence electrons. The number of pyridine rings is 1. The van der Waals surface area contributed by atoms with Gasteiger partial charge in [-0.05, 0) is 11.6 Å². The van der Waals surface area contributed by atoms with Crippen molar-refractivity contribution in [2.24, 2.45) is 0 Å². The number of aromatic hydroxyl groups is 1. The topological polar surface area (TPSA) is 126 Å². The number of sulfone groups is 1. The number of carbonyl (C=O) groups is 1. The Morgan fingerprint density at radius 2 is 2.00 bits per heavy atom. The molecule has 0 radical (unpaired) electrons. The van der Waals surface area contributed by atoms with Crippen molar-refractivity contribution >= 4 is 27.1 Å². The summed E-state index contributed by atoms with van der Waals surface area (Å²) in [5.74, 6) is -3.14. The van der Waals surface area contributed by atoms with Gasteiger partial charge in [-0.3, -0.25) is 14.6 Å². The first-order valence-electron chi connectivity index (χ1n) is 10.8. The summed E-state index contributed by atoms with van der Waals surface area (Å²) in [4.78, 5) is 27.6. The SMILES string of the molecule is CN1C(=O)c2c(O)c(=O)c(-c3nnc(Cc4ccc(F)cc4F)s3)cn2N2C=C3CS(=O)(=O)CCC312. The second-order valence-electron chi connectivity index (χ2n) is 8.85. The number of hydrogen-bond donors (Lipinski definition) is 1. The zero-order valence-electron chi connectivity index (χ0n) is 18.6. The molecule has 1 atom stereocenters. The van der Waals surface area contributed by atoms with Crippen LogP contribution in [0.25, 0.3) is 10.6 Å². The van der Waals surface area contributed by atoms with Gasteiger partial charge in [0.05, 0.1) is 17.1 Å². The number of nitrogens with zero attached hydrogens (tertiary/aromatic N) is 5. The largest absolute Gasteiger partial charge is 0.502 e. The minimum absolute atomic E-state index is 0.0150. The lowest BCUT2D eigenvalue weighted by Crippen LogP contribution is -2.75. The quantitative estimate of drug-likeness (QED) is 0.535. The van der Waals surface area contributed by atoms with Gasteiger partial charge in [0.1, 0.15) is 16.6 Å². The Bertz CT molecular complexity index is 1680. The average Bonchev–Trinajstić information content (AvgIpc) is 3.27. The van der Waals surface area contributed by atoms with E-state index < -0.39 is 44.2 Å². The summed E-state index contributed by atoms with van der Waals surface area (Å²) in [5, 5.41) is 20.9. The van der Waals surface area contributed by atoms with Crippen LogP contribution in [0.2, 0.25) is 0 Å². The summed E-state index contributed by atoms with van der Waals surface area (Å²) >= 11 is 0.994. The molecule has 3 aliphatic heterocycles. The highest BCUT2D eigenvalue weighted by Crippen LogP contribution is 2.47. The first-order chi connectivity index (χ1) is 17.0. The van der Waals surface area contributed by atoms with Crippen molar-refractivity contribution < 1.29 is 27.1 Å². The third kappa shape index (κ3) is 3.07. The van der Waals surface area contributed by atoms with Crippen molar-refractivity contribution in [1.29, 1.82) is 0 Å². The lowest BCUT2D eigenvalue weighted by molar-refractivity contribution is 0.0427. The summed E-state index contributed by atoms with van der Waals surface area (Å²) in [5.41, 5.74) is -1.37. The Balaban J connectivity index is 1.43. The zero-order chi connectivity index (χ0) is 25.6. The van der Waals surface area contributed by atoms with Crippen LogP contribution < -0.4 is 10.4 Å². The van der Waals surface area contributed by atoms with Crippen LogP contribution >= 0.6 is 11.3 Å². The maximum absolute atomic E-state index is 14.1. The van der Waals surface area contributed by atoms with Crippen LogP contribution in [-0.4, -0.2) is 63.4 Å². The summed E-state index contributed by atoms with van der Waals surface area (Å²) in [6.07, 6.45) is 3.10. The Hall–Kier alpha value is -3.65. The summed E-state index contributed by atoms with van der Waals surface area (Å²) < 4.78 is 52.9. The number of aromatic nitrogens is 3. The molecule has 0 saturated carbocycles. The summed E-state index contributed by atoms with van der Waals surface area (Å²) in [6, 6.07) is 3.19. The normalized spacial score (nSPS) is 21.9. The van der Waals surface area contributed by atoms with Crippen LogP contribution in [0.3, 0.4) is 0 Å². The molecule has 1 fully saturated rings. The van der Waals surface area contributed by atoms with Crippen LogP contribution in [0, 0.1) is 11.6 Å². The molecule has 14 heteroatoms. The Morgan fingerprint density at radius 3 is 2.72 bits per heavy atom. The van der Waals surface area contributed by atoms with Gasteiger partial charge in [-0.2, -0.15) is 0 Å². The number of carbonyl (C=O) groups excluding carboxylic acids is 1. The monoisotopic (exact) mass is 533 g/mol. The molecule has 1 spiro atoms. The van der Waals surface area contributed by atoms with E-state index in [9.17, 15) is 31.9 Å². The molecule has 10 nitrogen and oxygen atoms in total. The van der Waals surface area contributed by atoms with Crippen LogP contribution in [0.4, 0.5) is 8.78 Å². The molecule has 1 N–H and O–H groups in total. The maximum atomic E-state index is 14.1. The number of amides is 1. The van der Waals surface area contributed by atoms with E-state index in [0.717, 1.165) is 23.5 Å². The second-order valence-corrected chi connectivity index (χ2v) is 12.1. The molecular formula is C22H17F2N5O5S2. The highest BCUT2D eigenvalue weighted by molar-refractivity contribution is 7.91. The smallest absolute Gasteiger partial charge is 0.278 e. The lowest BCUT2D eigenvalue weighted by atomic mass is 9.87. The number of rotatable bonds is 3. The minimum atomic E-state index is -3.29. The van der Waals surface area contributed by atoms with E-state index >= 15 is 0 Å². The highest BCUT2D eigenvalue weighted by atomic mass is 32.2. The second kappa shape index (κ2) is 7.43. The third-order valence-corrected chi connectivity index (χ3v) is 9.35. The minimum Gasteiger partial charge on any atom is -0.502 e. The number of hydrogen-bond acceptors (Lipinski definition) is 9. The standard InChI is InChI=1S/C22H17F2N5O5S2/c1-27-21(32)17-19(31)18(30)14(9-28(17)29-8-12-10-36(33,34)5-4-22(12,27)29)20-26-25-16(35-20)6-11-2-3-13(23)7-15(11)24/h2-3,7-9,31H,4-6,10H2,1H3. The van der Waals surface area contributed by atoms with Crippen LogP contribution in [0.15, 0.2) is 41.0 Å². The fourth-order valence-electron chi connectivity index (χ4n) is 4.95. The van der Waals surface area contributed by atoms with E-state index in [4.69, 9.17) is 0 Å². The fourth-order valence-corrected chi connectivity index (χ4v) is 7.34. The molecule has 6 rings (SSSR count). The van der Waals surface area contributed by atoms with E-state index in [-0.39, 0.29) is 46.2 Å². The number of halogens is 2. The van der Waals surface area contributed by atoms with Gasteiger partial charge in [0, 0.05) is 43.9 Å². The molecular weight excluding hydrogens is 516 g/mol. The average molecular weight is 534 g/mol. The first-order valence-corrected chi connectivity index (χ1v) is 13.4. The Kier molecular flexibility index (Phi) is 4.70. The molecule has 1 unspecified atom stereocenters. The van der Waals surface area contributed by atoms with Gasteiger partial charge in [0.2, 0.25) is 5.43 Å². The molecule has 3 aromatic rings. The van der Waals surface area contributed by atoms with E-state index in [1.54, 1.807) is 11.2 Å². The van der Waals surface area contributed by atoms with Crippen molar-refractivity contribution in [1.82, 2.24) is 19.8 Å². The van der Waals surface area contributed by atoms with E-state index in [1.165, 1.54) is 28.9 Å². The van der Waals surface area contributed by atoms with Crippen molar-refractivity contribution in [3.8, 4) is 16.3 Å². The van der Waals surface area contributed by atoms with Crippen LogP contribution in [-0.2, 0) is 16.3 Å².